The van der Waals surface area contributed by atoms with Crippen LogP contribution in [-0.4, -0.2) is 19.1 Å². The van der Waals surface area contributed by atoms with Gasteiger partial charge in [0.05, 0.1) is 39.1 Å². The molecule has 0 radical (unpaired) electrons. The number of para-hydroxylation sites is 5. The minimum Gasteiger partial charge on any atom is -0.306 e. The molecule has 0 bridgehead atoms. The molecule has 45 heavy (non-hydrogen) atoms. The number of hydrogen-bond acceptors (Lipinski definition) is 3. The van der Waals surface area contributed by atoms with Crippen LogP contribution in [0.2, 0.25) is 0 Å². The third-order valence-electron chi connectivity index (χ3n) is 8.81. The normalized spacial score (nSPS) is 12.2. The van der Waals surface area contributed by atoms with Crippen molar-refractivity contribution in [2.24, 2.45) is 0 Å². The lowest BCUT2D eigenvalue weighted by molar-refractivity contribution is 0.900. The quantitative estimate of drug-likeness (QED) is 0.204. The summed E-state index contributed by atoms with van der Waals surface area (Å²) in [7, 11) is 0. The van der Waals surface area contributed by atoms with Gasteiger partial charge >= 0.3 is 0 Å². The van der Waals surface area contributed by atoms with E-state index in [0.717, 1.165) is 85.3 Å². The van der Waals surface area contributed by atoms with Crippen LogP contribution in [0.4, 0.5) is 17.1 Å². The Hall–Kier alpha value is -5.94. The fourth-order valence-electron chi connectivity index (χ4n) is 6.76. The molecule has 9 rings (SSSR count). The smallest absolute Gasteiger partial charge is 0.145 e. The predicted octanol–water partition coefficient (Wildman–Crippen LogP) is 10.0. The van der Waals surface area contributed by atoms with Crippen molar-refractivity contribution < 1.29 is 0 Å². The summed E-state index contributed by atoms with van der Waals surface area (Å²) in [5, 5.41) is 0. The van der Waals surface area contributed by atoms with Gasteiger partial charge in [0.1, 0.15) is 11.6 Å². The van der Waals surface area contributed by atoms with E-state index in [1.807, 2.05) is 12.1 Å². The van der Waals surface area contributed by atoms with Crippen LogP contribution < -0.4 is 4.90 Å². The number of imidazole rings is 2. The van der Waals surface area contributed by atoms with Gasteiger partial charge in [-0.15, -0.1) is 0 Å². The zero-order chi connectivity index (χ0) is 29.9. The Bertz CT molecular complexity index is 2350. The second-order valence-electron chi connectivity index (χ2n) is 11.4. The standard InChI is InChI=1S/C40H29N5/c1-2-38-41-33-17-11-19-36-39(33)45(38)35-25-24-29(26-37(35)43(36)30-12-5-3-6-13-30)27-20-22-28(23-21-27)40-42-32-16-9-10-18-34(32)44(40)31-14-7-4-8-15-31/h3-26H,2H2,1H3. The Morgan fingerprint density at radius 3 is 1.93 bits per heavy atom. The van der Waals surface area contributed by atoms with Crippen LogP contribution in [0.3, 0.4) is 0 Å². The molecule has 2 aromatic heterocycles. The summed E-state index contributed by atoms with van der Waals surface area (Å²) in [5.41, 5.74) is 13.3. The molecule has 0 spiro atoms. The Morgan fingerprint density at radius 1 is 0.489 bits per heavy atom. The monoisotopic (exact) mass is 579 g/mol. The van der Waals surface area contributed by atoms with Crippen LogP contribution in [0.5, 0.6) is 0 Å². The summed E-state index contributed by atoms with van der Waals surface area (Å²) in [6.07, 6.45) is 0.857. The Labute approximate surface area is 261 Å². The number of aryl methyl sites for hydroxylation is 1. The number of hydrogen-bond donors (Lipinski definition) is 0. The average molecular weight is 580 g/mol. The number of benzene rings is 6. The molecule has 0 atom stereocenters. The number of nitrogens with zero attached hydrogens (tertiary/aromatic N) is 5. The highest BCUT2D eigenvalue weighted by atomic mass is 15.2. The molecule has 0 amide bonds. The molecule has 0 saturated carbocycles. The molecule has 0 fully saturated rings. The van der Waals surface area contributed by atoms with Crippen molar-refractivity contribution in [2.75, 3.05) is 4.90 Å². The van der Waals surface area contributed by atoms with Gasteiger partial charge in [0, 0.05) is 23.4 Å². The third kappa shape index (κ3) is 3.94. The molecule has 8 aromatic rings. The van der Waals surface area contributed by atoms with Gasteiger partial charge in [0.2, 0.25) is 0 Å². The highest BCUT2D eigenvalue weighted by Crippen LogP contribution is 2.48. The Balaban J connectivity index is 1.18. The second-order valence-corrected chi connectivity index (χ2v) is 11.4. The molecule has 6 aromatic carbocycles. The topological polar surface area (TPSA) is 38.9 Å². The van der Waals surface area contributed by atoms with E-state index >= 15 is 0 Å². The van der Waals surface area contributed by atoms with Crippen molar-refractivity contribution in [1.82, 2.24) is 19.1 Å². The number of aromatic nitrogens is 4. The van der Waals surface area contributed by atoms with Gasteiger partial charge in [-0.3, -0.25) is 9.13 Å². The summed E-state index contributed by atoms with van der Waals surface area (Å²) in [6.45, 7) is 2.18. The minimum absolute atomic E-state index is 0.857. The molecule has 3 heterocycles. The Kier molecular flexibility index (Phi) is 5.72. The lowest BCUT2D eigenvalue weighted by atomic mass is 10.00. The van der Waals surface area contributed by atoms with E-state index in [1.165, 1.54) is 0 Å². The molecule has 0 saturated heterocycles. The minimum atomic E-state index is 0.857. The number of rotatable bonds is 5. The molecular weight excluding hydrogens is 550 g/mol. The molecular formula is C40H29N5. The van der Waals surface area contributed by atoms with Gasteiger partial charge < -0.3 is 4.90 Å². The number of fused-ring (bicyclic) bond motifs is 3. The maximum absolute atomic E-state index is 5.06. The lowest BCUT2D eigenvalue weighted by Crippen LogP contribution is -2.19. The fourth-order valence-corrected chi connectivity index (χ4v) is 6.76. The first-order valence-electron chi connectivity index (χ1n) is 15.4. The zero-order valence-electron chi connectivity index (χ0n) is 24.8. The van der Waals surface area contributed by atoms with E-state index in [-0.39, 0.29) is 0 Å². The van der Waals surface area contributed by atoms with Crippen LogP contribution in [0.15, 0.2) is 146 Å². The first kappa shape index (κ1) is 25.5. The summed E-state index contributed by atoms with van der Waals surface area (Å²) in [5.74, 6) is 2.01. The SMILES string of the molecule is CCc1nc2cccc3c2n1-c1ccc(-c2ccc(-c4nc5ccccc5n4-c4ccccc4)cc2)cc1N3c1ccccc1. The first-order valence-corrected chi connectivity index (χ1v) is 15.4. The van der Waals surface area contributed by atoms with E-state index < -0.39 is 0 Å². The van der Waals surface area contributed by atoms with Crippen LogP contribution in [0, 0.1) is 0 Å². The number of anilines is 3. The average Bonchev–Trinajstić information content (AvgIpc) is 3.69. The van der Waals surface area contributed by atoms with Gasteiger partial charge in [0.15, 0.2) is 0 Å². The van der Waals surface area contributed by atoms with Crippen molar-refractivity contribution in [3.05, 3.63) is 151 Å². The van der Waals surface area contributed by atoms with E-state index in [4.69, 9.17) is 9.97 Å². The van der Waals surface area contributed by atoms with Crippen LogP contribution in [0.25, 0.3) is 56.0 Å². The third-order valence-corrected chi connectivity index (χ3v) is 8.81. The maximum atomic E-state index is 5.06. The molecule has 0 aliphatic carbocycles. The molecule has 214 valence electrons. The molecule has 1 aliphatic heterocycles. The largest absolute Gasteiger partial charge is 0.306 e. The van der Waals surface area contributed by atoms with Gasteiger partial charge in [-0.2, -0.15) is 0 Å². The summed E-state index contributed by atoms with van der Waals surface area (Å²) < 4.78 is 4.59. The highest BCUT2D eigenvalue weighted by molar-refractivity contribution is 6.02. The van der Waals surface area contributed by atoms with Gasteiger partial charge in [-0.05, 0) is 71.8 Å². The zero-order valence-corrected chi connectivity index (χ0v) is 24.8. The van der Waals surface area contributed by atoms with Crippen LogP contribution in [0.1, 0.15) is 12.7 Å². The van der Waals surface area contributed by atoms with Crippen molar-refractivity contribution in [1.29, 1.82) is 0 Å². The van der Waals surface area contributed by atoms with E-state index in [9.17, 15) is 0 Å². The van der Waals surface area contributed by atoms with Crippen LogP contribution >= 0.6 is 0 Å². The van der Waals surface area contributed by atoms with Crippen molar-refractivity contribution in [3.63, 3.8) is 0 Å². The summed E-state index contributed by atoms with van der Waals surface area (Å²) >= 11 is 0. The van der Waals surface area contributed by atoms with Crippen molar-refractivity contribution >= 4 is 39.1 Å². The van der Waals surface area contributed by atoms with Gasteiger partial charge in [-0.25, -0.2) is 9.97 Å². The van der Waals surface area contributed by atoms with E-state index in [0.29, 0.717) is 0 Å². The predicted molar refractivity (Wildman–Crippen MR) is 184 cm³/mol. The summed E-state index contributed by atoms with van der Waals surface area (Å²) in [4.78, 5) is 12.5. The van der Waals surface area contributed by atoms with Gasteiger partial charge in [0.25, 0.3) is 0 Å². The van der Waals surface area contributed by atoms with E-state index in [2.05, 4.69) is 154 Å². The fraction of sp³-hybridized carbons (Fsp3) is 0.0500. The lowest BCUT2D eigenvalue weighted by Gasteiger charge is -2.33. The highest BCUT2D eigenvalue weighted by Gasteiger charge is 2.29. The maximum Gasteiger partial charge on any atom is 0.145 e. The van der Waals surface area contributed by atoms with Crippen LogP contribution in [-0.2, 0) is 6.42 Å². The second kappa shape index (κ2) is 10.1. The molecule has 5 nitrogen and oxygen atoms in total. The Morgan fingerprint density at radius 2 is 1.16 bits per heavy atom. The van der Waals surface area contributed by atoms with E-state index in [1.54, 1.807) is 0 Å². The molecule has 0 N–H and O–H groups in total. The summed E-state index contributed by atoms with van der Waals surface area (Å²) in [6, 6.07) is 51.4. The first-order chi connectivity index (χ1) is 22.3. The molecule has 5 heteroatoms. The van der Waals surface area contributed by atoms with Crippen molar-refractivity contribution in [3.8, 4) is 33.9 Å². The molecule has 0 unspecified atom stereocenters. The van der Waals surface area contributed by atoms with Gasteiger partial charge in [-0.1, -0.05) is 91.9 Å². The molecule has 1 aliphatic rings. The van der Waals surface area contributed by atoms with Crippen molar-refractivity contribution in [2.45, 2.75) is 13.3 Å².